The van der Waals surface area contributed by atoms with Crippen molar-refractivity contribution < 1.29 is 14.6 Å². The first-order valence-corrected chi connectivity index (χ1v) is 6.24. The van der Waals surface area contributed by atoms with Gasteiger partial charge in [-0.15, -0.1) is 0 Å². The van der Waals surface area contributed by atoms with Gasteiger partial charge in [-0.3, -0.25) is 0 Å². The van der Waals surface area contributed by atoms with Crippen LogP contribution in [-0.4, -0.2) is 54.0 Å². The van der Waals surface area contributed by atoms with Gasteiger partial charge in [-0.2, -0.15) is 0 Å². The van der Waals surface area contributed by atoms with Crippen LogP contribution in [0.1, 0.15) is 33.6 Å². The van der Waals surface area contributed by atoms with Crippen molar-refractivity contribution in [2.75, 3.05) is 26.2 Å². The molecule has 0 aromatic carbocycles. The standard InChI is InChI=1S/C12H24N2O3/c1-12(2,3)17-11(16)14-7-5-10(9-14)13-6-4-8-15/h10,13,15H,4-9H2,1-3H3. The van der Waals surface area contributed by atoms with Crippen LogP contribution in [0, 0.1) is 0 Å². The molecule has 5 nitrogen and oxygen atoms in total. The van der Waals surface area contributed by atoms with Crippen LogP contribution in [0.15, 0.2) is 0 Å². The highest BCUT2D eigenvalue weighted by molar-refractivity contribution is 5.68. The first-order chi connectivity index (χ1) is 7.92. The first kappa shape index (κ1) is 14.3. The monoisotopic (exact) mass is 244 g/mol. The summed E-state index contributed by atoms with van der Waals surface area (Å²) in [5.41, 5.74) is -0.431. The van der Waals surface area contributed by atoms with E-state index in [0.717, 1.165) is 25.9 Å². The number of carbonyl (C=O) groups is 1. The number of rotatable bonds is 4. The Labute approximate surface area is 103 Å². The second-order valence-corrected chi connectivity index (χ2v) is 5.44. The molecule has 17 heavy (non-hydrogen) atoms. The minimum atomic E-state index is -0.431. The Morgan fingerprint density at radius 2 is 2.24 bits per heavy atom. The lowest BCUT2D eigenvalue weighted by Crippen LogP contribution is -2.38. The fourth-order valence-corrected chi connectivity index (χ4v) is 1.80. The molecule has 1 saturated heterocycles. The lowest BCUT2D eigenvalue weighted by atomic mass is 10.2. The molecule has 1 aliphatic heterocycles. The van der Waals surface area contributed by atoms with E-state index in [4.69, 9.17) is 9.84 Å². The third kappa shape index (κ3) is 5.37. The highest BCUT2D eigenvalue weighted by Gasteiger charge is 2.29. The molecule has 100 valence electrons. The van der Waals surface area contributed by atoms with Crippen LogP contribution in [0.5, 0.6) is 0 Å². The maximum absolute atomic E-state index is 11.8. The molecule has 1 heterocycles. The van der Waals surface area contributed by atoms with Crippen LogP contribution in [0.4, 0.5) is 4.79 Å². The van der Waals surface area contributed by atoms with E-state index < -0.39 is 5.60 Å². The molecular weight excluding hydrogens is 220 g/mol. The van der Waals surface area contributed by atoms with Crippen molar-refractivity contribution in [3.05, 3.63) is 0 Å². The lowest BCUT2D eigenvalue weighted by molar-refractivity contribution is 0.0291. The summed E-state index contributed by atoms with van der Waals surface area (Å²) in [5, 5.41) is 12.0. The van der Waals surface area contributed by atoms with Crippen molar-refractivity contribution in [2.45, 2.75) is 45.3 Å². The molecule has 1 amide bonds. The number of amides is 1. The number of carbonyl (C=O) groups excluding carboxylic acids is 1. The number of hydrogen-bond acceptors (Lipinski definition) is 4. The van der Waals surface area contributed by atoms with Gasteiger partial charge in [-0.05, 0) is 40.2 Å². The number of nitrogens with zero attached hydrogens (tertiary/aromatic N) is 1. The van der Waals surface area contributed by atoms with Crippen LogP contribution >= 0.6 is 0 Å². The molecule has 1 aliphatic rings. The van der Waals surface area contributed by atoms with Gasteiger partial charge in [0, 0.05) is 25.7 Å². The Balaban J connectivity index is 2.27. The largest absolute Gasteiger partial charge is 0.444 e. The summed E-state index contributed by atoms with van der Waals surface area (Å²) < 4.78 is 5.31. The summed E-state index contributed by atoms with van der Waals surface area (Å²) in [7, 11) is 0. The van der Waals surface area contributed by atoms with Gasteiger partial charge in [0.15, 0.2) is 0 Å². The molecule has 1 unspecified atom stereocenters. The van der Waals surface area contributed by atoms with Gasteiger partial charge in [0.2, 0.25) is 0 Å². The predicted octanol–water partition coefficient (Wildman–Crippen LogP) is 0.968. The Morgan fingerprint density at radius 1 is 1.53 bits per heavy atom. The van der Waals surface area contributed by atoms with Gasteiger partial charge in [-0.25, -0.2) is 4.79 Å². The zero-order chi connectivity index (χ0) is 12.9. The van der Waals surface area contributed by atoms with E-state index >= 15 is 0 Å². The third-order valence-corrected chi connectivity index (χ3v) is 2.61. The van der Waals surface area contributed by atoms with E-state index in [1.165, 1.54) is 0 Å². The molecule has 0 aromatic heterocycles. The SMILES string of the molecule is CC(C)(C)OC(=O)N1CCC(NCCCO)C1. The fraction of sp³-hybridized carbons (Fsp3) is 0.917. The molecule has 0 radical (unpaired) electrons. The molecule has 0 spiro atoms. The molecule has 1 rings (SSSR count). The molecule has 1 fully saturated rings. The smallest absolute Gasteiger partial charge is 0.410 e. The summed E-state index contributed by atoms with van der Waals surface area (Å²) >= 11 is 0. The van der Waals surface area contributed by atoms with E-state index in [9.17, 15) is 4.79 Å². The molecule has 0 saturated carbocycles. The van der Waals surface area contributed by atoms with Crippen LogP contribution < -0.4 is 5.32 Å². The Kier molecular flexibility index (Phi) is 5.21. The molecule has 2 N–H and O–H groups in total. The summed E-state index contributed by atoms with van der Waals surface area (Å²) in [4.78, 5) is 13.5. The van der Waals surface area contributed by atoms with Crippen molar-refractivity contribution >= 4 is 6.09 Å². The summed E-state index contributed by atoms with van der Waals surface area (Å²) in [6.07, 6.45) is 1.47. The third-order valence-electron chi connectivity index (χ3n) is 2.61. The molecule has 5 heteroatoms. The van der Waals surface area contributed by atoms with Crippen LogP contribution in [0.25, 0.3) is 0 Å². The zero-order valence-electron chi connectivity index (χ0n) is 11.0. The Bertz CT molecular complexity index is 251. The van der Waals surface area contributed by atoms with E-state index in [1.54, 1.807) is 4.90 Å². The van der Waals surface area contributed by atoms with Gasteiger partial charge >= 0.3 is 6.09 Å². The summed E-state index contributed by atoms with van der Waals surface area (Å²) in [6, 6.07) is 0.328. The van der Waals surface area contributed by atoms with Gasteiger partial charge in [0.05, 0.1) is 0 Å². The quantitative estimate of drug-likeness (QED) is 0.723. The first-order valence-electron chi connectivity index (χ1n) is 6.24. The number of nitrogens with one attached hydrogen (secondary N) is 1. The minimum absolute atomic E-state index is 0.204. The number of ether oxygens (including phenoxy) is 1. The van der Waals surface area contributed by atoms with E-state index in [0.29, 0.717) is 12.6 Å². The predicted molar refractivity (Wildman–Crippen MR) is 65.9 cm³/mol. The summed E-state index contributed by atoms with van der Waals surface area (Å²) in [5.74, 6) is 0. The van der Waals surface area contributed by atoms with Gasteiger partial charge in [0.1, 0.15) is 5.60 Å². The Hall–Kier alpha value is -0.810. The van der Waals surface area contributed by atoms with Crippen LogP contribution in [0.3, 0.4) is 0 Å². The molecule has 0 aliphatic carbocycles. The van der Waals surface area contributed by atoms with Crippen LogP contribution in [0.2, 0.25) is 0 Å². The van der Waals surface area contributed by atoms with Gasteiger partial charge in [0.25, 0.3) is 0 Å². The van der Waals surface area contributed by atoms with Gasteiger partial charge in [-0.1, -0.05) is 0 Å². The van der Waals surface area contributed by atoms with Crippen molar-refractivity contribution in [3.8, 4) is 0 Å². The van der Waals surface area contributed by atoms with Crippen LogP contribution in [-0.2, 0) is 4.74 Å². The van der Waals surface area contributed by atoms with Gasteiger partial charge < -0.3 is 20.1 Å². The molecule has 0 bridgehead atoms. The maximum Gasteiger partial charge on any atom is 0.410 e. The number of aliphatic hydroxyl groups is 1. The van der Waals surface area contributed by atoms with Crippen molar-refractivity contribution in [3.63, 3.8) is 0 Å². The highest BCUT2D eigenvalue weighted by atomic mass is 16.6. The number of likely N-dealkylation sites (tertiary alicyclic amines) is 1. The molecule has 0 aromatic rings. The minimum Gasteiger partial charge on any atom is -0.444 e. The number of hydrogen-bond donors (Lipinski definition) is 2. The normalized spacial score (nSPS) is 20.7. The maximum atomic E-state index is 11.8. The topological polar surface area (TPSA) is 61.8 Å². The highest BCUT2D eigenvalue weighted by Crippen LogP contribution is 2.15. The molecule has 1 atom stereocenters. The van der Waals surface area contributed by atoms with Crippen molar-refractivity contribution in [1.82, 2.24) is 10.2 Å². The van der Waals surface area contributed by atoms with E-state index in [-0.39, 0.29) is 12.7 Å². The Morgan fingerprint density at radius 3 is 2.82 bits per heavy atom. The lowest BCUT2D eigenvalue weighted by Gasteiger charge is -2.24. The zero-order valence-corrected chi connectivity index (χ0v) is 11.0. The van der Waals surface area contributed by atoms with E-state index in [1.807, 2.05) is 20.8 Å². The molecular formula is C12H24N2O3. The number of aliphatic hydroxyl groups excluding tert-OH is 1. The average Bonchev–Trinajstić information content (AvgIpc) is 2.64. The van der Waals surface area contributed by atoms with Crippen molar-refractivity contribution in [2.24, 2.45) is 0 Å². The second kappa shape index (κ2) is 6.21. The van der Waals surface area contributed by atoms with Crippen molar-refractivity contribution in [1.29, 1.82) is 0 Å². The van der Waals surface area contributed by atoms with E-state index in [2.05, 4.69) is 5.32 Å². The fourth-order valence-electron chi connectivity index (χ4n) is 1.80. The second-order valence-electron chi connectivity index (χ2n) is 5.44. The average molecular weight is 244 g/mol. The summed E-state index contributed by atoms with van der Waals surface area (Å²) in [6.45, 7) is 8.05.